The Morgan fingerprint density at radius 2 is 1.70 bits per heavy atom. The van der Waals surface area contributed by atoms with Crippen molar-refractivity contribution in [1.29, 1.82) is 0 Å². The van der Waals surface area contributed by atoms with E-state index in [0.717, 1.165) is 0 Å². The molecule has 0 aliphatic rings. The summed E-state index contributed by atoms with van der Waals surface area (Å²) >= 11 is 0. The van der Waals surface area contributed by atoms with Gasteiger partial charge in [-0.25, -0.2) is 5.43 Å². The molecule has 0 aliphatic carbocycles. The minimum absolute atomic E-state index is 0.133. The van der Waals surface area contributed by atoms with Gasteiger partial charge in [0.1, 0.15) is 17.2 Å². The first-order valence-corrected chi connectivity index (χ1v) is 6.16. The number of benzene rings is 1. The van der Waals surface area contributed by atoms with E-state index in [9.17, 15) is 4.79 Å². The topological polar surface area (TPSA) is 69.2 Å². The van der Waals surface area contributed by atoms with Crippen LogP contribution in [0.4, 0.5) is 0 Å². The second-order valence-electron chi connectivity index (χ2n) is 4.33. The number of ether oxygens (including phenoxy) is 3. The maximum Gasteiger partial charge on any atom is 0.242 e. The molecule has 0 saturated carbocycles. The quantitative estimate of drug-likeness (QED) is 0.637. The van der Waals surface area contributed by atoms with Crippen LogP contribution >= 0.6 is 0 Å². The molecular weight excluding hydrogens is 260 g/mol. The number of hydrogen-bond donors (Lipinski definition) is 1. The first-order valence-electron chi connectivity index (χ1n) is 6.16. The fourth-order valence-electron chi connectivity index (χ4n) is 1.45. The first-order chi connectivity index (χ1) is 9.53. The van der Waals surface area contributed by atoms with Gasteiger partial charge in [0.25, 0.3) is 0 Å². The van der Waals surface area contributed by atoms with Crippen LogP contribution in [0.25, 0.3) is 0 Å². The highest BCUT2D eigenvalue weighted by Crippen LogP contribution is 2.32. The van der Waals surface area contributed by atoms with E-state index < -0.39 is 0 Å². The minimum atomic E-state index is -0.160. The molecule has 1 aromatic rings. The molecule has 1 amide bonds. The third kappa shape index (κ3) is 3.88. The van der Waals surface area contributed by atoms with Crippen LogP contribution in [0, 0.1) is 5.92 Å². The number of amides is 1. The summed E-state index contributed by atoms with van der Waals surface area (Å²) in [4.78, 5) is 11.4. The van der Waals surface area contributed by atoms with Gasteiger partial charge in [-0.2, -0.15) is 5.10 Å². The minimum Gasteiger partial charge on any atom is -0.496 e. The fourth-order valence-corrected chi connectivity index (χ4v) is 1.45. The molecule has 0 aromatic heterocycles. The van der Waals surface area contributed by atoms with Crippen molar-refractivity contribution >= 4 is 12.1 Å². The number of hydrogen-bond acceptors (Lipinski definition) is 5. The van der Waals surface area contributed by atoms with Crippen molar-refractivity contribution in [3.05, 3.63) is 17.7 Å². The Morgan fingerprint density at radius 1 is 1.15 bits per heavy atom. The molecule has 6 nitrogen and oxygen atoms in total. The van der Waals surface area contributed by atoms with E-state index in [1.54, 1.807) is 33.1 Å². The highest BCUT2D eigenvalue weighted by molar-refractivity contribution is 5.89. The lowest BCUT2D eigenvalue weighted by Gasteiger charge is -2.12. The van der Waals surface area contributed by atoms with Crippen molar-refractivity contribution in [3.8, 4) is 17.2 Å². The Bertz CT molecular complexity index is 473. The van der Waals surface area contributed by atoms with Crippen LogP contribution in [0.3, 0.4) is 0 Å². The van der Waals surface area contributed by atoms with Gasteiger partial charge >= 0.3 is 0 Å². The largest absolute Gasteiger partial charge is 0.496 e. The van der Waals surface area contributed by atoms with Gasteiger partial charge in [-0.15, -0.1) is 0 Å². The van der Waals surface area contributed by atoms with Gasteiger partial charge in [0.05, 0.1) is 33.1 Å². The van der Waals surface area contributed by atoms with E-state index in [2.05, 4.69) is 10.5 Å². The van der Waals surface area contributed by atoms with Crippen molar-refractivity contribution in [3.63, 3.8) is 0 Å². The molecule has 0 aliphatic heterocycles. The number of carbonyl (C=O) groups excluding carboxylic acids is 1. The predicted octanol–water partition coefficient (Wildman–Crippen LogP) is 1.82. The van der Waals surface area contributed by atoms with Crippen LogP contribution in [0.2, 0.25) is 0 Å². The number of nitrogens with one attached hydrogen (secondary N) is 1. The molecule has 110 valence electrons. The van der Waals surface area contributed by atoms with Crippen LogP contribution in [0.15, 0.2) is 17.2 Å². The normalized spacial score (nSPS) is 10.7. The molecule has 0 fully saturated rings. The average Bonchev–Trinajstić information content (AvgIpc) is 2.46. The molecule has 1 N–H and O–H groups in total. The van der Waals surface area contributed by atoms with E-state index >= 15 is 0 Å². The summed E-state index contributed by atoms with van der Waals surface area (Å²) in [5.74, 6) is 1.41. The Hall–Kier alpha value is -2.24. The number of hydrazone groups is 1. The fraction of sp³-hybridized carbons (Fsp3) is 0.429. The van der Waals surface area contributed by atoms with Gasteiger partial charge in [0, 0.05) is 18.1 Å². The lowest BCUT2D eigenvalue weighted by molar-refractivity contribution is -0.123. The summed E-state index contributed by atoms with van der Waals surface area (Å²) in [5.41, 5.74) is 3.07. The molecule has 0 radical (unpaired) electrons. The molecule has 0 bridgehead atoms. The second-order valence-corrected chi connectivity index (χ2v) is 4.33. The summed E-state index contributed by atoms with van der Waals surface area (Å²) < 4.78 is 15.7. The maximum atomic E-state index is 11.4. The van der Waals surface area contributed by atoms with Crippen LogP contribution in [-0.2, 0) is 4.79 Å². The molecule has 0 heterocycles. The number of methoxy groups -OCH3 is 3. The summed E-state index contributed by atoms with van der Waals surface area (Å²) in [7, 11) is 4.64. The zero-order valence-electron chi connectivity index (χ0n) is 12.4. The van der Waals surface area contributed by atoms with Crippen molar-refractivity contribution in [2.75, 3.05) is 21.3 Å². The van der Waals surface area contributed by atoms with Crippen molar-refractivity contribution in [2.45, 2.75) is 13.8 Å². The summed E-state index contributed by atoms with van der Waals surface area (Å²) in [5, 5.41) is 3.91. The molecule has 0 saturated heterocycles. The van der Waals surface area contributed by atoms with Crippen LogP contribution in [-0.4, -0.2) is 33.5 Å². The molecule has 0 spiro atoms. The Labute approximate surface area is 118 Å². The van der Waals surface area contributed by atoms with Crippen molar-refractivity contribution < 1.29 is 19.0 Å². The smallest absolute Gasteiger partial charge is 0.242 e. The average molecular weight is 280 g/mol. The lowest BCUT2D eigenvalue weighted by atomic mass is 10.2. The third-order valence-corrected chi connectivity index (χ3v) is 2.65. The Morgan fingerprint density at radius 3 is 2.10 bits per heavy atom. The second kappa shape index (κ2) is 7.37. The number of nitrogens with zero attached hydrogens (tertiary/aromatic N) is 1. The van der Waals surface area contributed by atoms with Gasteiger partial charge in [-0.3, -0.25) is 4.79 Å². The van der Waals surface area contributed by atoms with Crippen LogP contribution in [0.1, 0.15) is 19.4 Å². The van der Waals surface area contributed by atoms with Gasteiger partial charge < -0.3 is 14.2 Å². The van der Waals surface area contributed by atoms with Gasteiger partial charge in [-0.05, 0) is 0 Å². The predicted molar refractivity (Wildman–Crippen MR) is 76.7 cm³/mol. The van der Waals surface area contributed by atoms with E-state index in [4.69, 9.17) is 14.2 Å². The molecule has 1 rings (SSSR count). The van der Waals surface area contributed by atoms with E-state index in [0.29, 0.717) is 22.8 Å². The molecule has 0 atom stereocenters. The standard InChI is InChI=1S/C14H20N2O4/c1-9(2)14(17)16-15-8-11-12(19-4)6-10(18-3)7-13(11)20-5/h6-9H,1-5H3,(H,16,17). The highest BCUT2D eigenvalue weighted by Gasteiger charge is 2.12. The SMILES string of the molecule is COc1cc(OC)c(C=NNC(=O)C(C)C)c(OC)c1. The maximum absolute atomic E-state index is 11.4. The van der Waals surface area contributed by atoms with Gasteiger partial charge in [0.15, 0.2) is 0 Å². The van der Waals surface area contributed by atoms with E-state index in [1.807, 2.05) is 0 Å². The van der Waals surface area contributed by atoms with E-state index in [1.165, 1.54) is 20.4 Å². The molecule has 1 aromatic carbocycles. The van der Waals surface area contributed by atoms with Crippen molar-refractivity contribution in [1.82, 2.24) is 5.43 Å². The highest BCUT2D eigenvalue weighted by atomic mass is 16.5. The van der Waals surface area contributed by atoms with Gasteiger partial charge in [0.2, 0.25) is 5.91 Å². The monoisotopic (exact) mass is 280 g/mol. The molecular formula is C14H20N2O4. The van der Waals surface area contributed by atoms with Crippen LogP contribution < -0.4 is 19.6 Å². The molecule has 6 heteroatoms. The number of rotatable bonds is 6. The number of carbonyl (C=O) groups is 1. The van der Waals surface area contributed by atoms with Gasteiger partial charge in [-0.1, -0.05) is 13.8 Å². The zero-order valence-corrected chi connectivity index (χ0v) is 12.4. The molecule has 0 unspecified atom stereocenters. The Balaban J connectivity index is 3.03. The van der Waals surface area contributed by atoms with Crippen LogP contribution in [0.5, 0.6) is 17.2 Å². The molecule has 20 heavy (non-hydrogen) atoms. The summed E-state index contributed by atoms with van der Waals surface area (Å²) in [6, 6.07) is 3.43. The summed E-state index contributed by atoms with van der Waals surface area (Å²) in [6.45, 7) is 3.58. The lowest BCUT2D eigenvalue weighted by Crippen LogP contribution is -2.22. The van der Waals surface area contributed by atoms with Crippen molar-refractivity contribution in [2.24, 2.45) is 11.0 Å². The zero-order chi connectivity index (χ0) is 15.1. The van der Waals surface area contributed by atoms with E-state index in [-0.39, 0.29) is 11.8 Å². The summed E-state index contributed by atoms with van der Waals surface area (Å²) in [6.07, 6.45) is 1.48. The Kier molecular flexibility index (Phi) is 5.83. The third-order valence-electron chi connectivity index (χ3n) is 2.65. The first kappa shape index (κ1) is 15.8.